The molecule has 4 nitrogen and oxygen atoms in total. The van der Waals surface area contributed by atoms with Gasteiger partial charge in [0.25, 0.3) is 0 Å². The summed E-state index contributed by atoms with van der Waals surface area (Å²) in [4.78, 5) is 0.895. The molecule has 0 spiro atoms. The zero-order valence-electron chi connectivity index (χ0n) is 11.0. The lowest BCUT2D eigenvalue weighted by atomic mass is 10.3. The smallest absolute Gasteiger partial charge is 0.250 e. The van der Waals surface area contributed by atoms with E-state index in [1.807, 2.05) is 11.8 Å². The van der Waals surface area contributed by atoms with Crippen molar-refractivity contribution in [3.63, 3.8) is 0 Å². The third-order valence-electron chi connectivity index (χ3n) is 3.24. The third kappa shape index (κ3) is 3.72. The monoisotopic (exact) mass is 320 g/mol. The van der Waals surface area contributed by atoms with Crippen LogP contribution in [0.2, 0.25) is 0 Å². The van der Waals surface area contributed by atoms with E-state index in [1.165, 1.54) is 11.3 Å². The summed E-state index contributed by atoms with van der Waals surface area (Å²) in [6, 6.07) is 3.50. The molecule has 2 unspecified atom stereocenters. The molecule has 19 heavy (non-hydrogen) atoms. The predicted molar refractivity (Wildman–Crippen MR) is 82.1 cm³/mol. The summed E-state index contributed by atoms with van der Waals surface area (Å²) < 4.78 is 27.9. The second-order valence-electron chi connectivity index (χ2n) is 4.58. The van der Waals surface area contributed by atoms with E-state index in [0.717, 1.165) is 29.9 Å². The summed E-state index contributed by atoms with van der Waals surface area (Å²) in [5, 5.41) is 0.411. The fraction of sp³-hybridized carbons (Fsp3) is 0.667. The highest BCUT2D eigenvalue weighted by atomic mass is 32.2. The molecule has 7 heteroatoms. The molecule has 3 N–H and O–H groups in total. The maximum atomic E-state index is 12.3. The van der Waals surface area contributed by atoms with Crippen molar-refractivity contribution in [2.45, 2.75) is 48.2 Å². The number of nitrogens with one attached hydrogen (secondary N) is 1. The standard InChI is InChI=1S/C12H20N2O2S3/c1-2-17-11-5-3-4-10(11)14-19(15,16)12-7-6-9(8-13)18-12/h6-7,10-11,14H,2-5,8,13H2,1H3. The Hall–Kier alpha value is -0.0800. The number of thiophene rings is 1. The summed E-state index contributed by atoms with van der Waals surface area (Å²) in [6.07, 6.45) is 3.14. The molecule has 0 amide bonds. The minimum absolute atomic E-state index is 0.0679. The van der Waals surface area contributed by atoms with Crippen LogP contribution in [0.4, 0.5) is 0 Å². The van der Waals surface area contributed by atoms with E-state index in [1.54, 1.807) is 12.1 Å². The molecule has 1 aliphatic carbocycles. The first-order chi connectivity index (χ1) is 9.06. The Labute approximate surface area is 123 Å². The molecule has 1 aromatic heterocycles. The number of hydrogen-bond donors (Lipinski definition) is 2. The lowest BCUT2D eigenvalue weighted by Crippen LogP contribution is -2.38. The van der Waals surface area contributed by atoms with E-state index in [2.05, 4.69) is 11.6 Å². The van der Waals surface area contributed by atoms with E-state index in [4.69, 9.17) is 5.73 Å². The van der Waals surface area contributed by atoms with Gasteiger partial charge in [0.05, 0.1) is 0 Å². The molecule has 0 saturated heterocycles. The Morgan fingerprint density at radius 3 is 2.89 bits per heavy atom. The van der Waals surface area contributed by atoms with Gasteiger partial charge in [0, 0.05) is 22.7 Å². The highest BCUT2D eigenvalue weighted by molar-refractivity contribution is 8.00. The van der Waals surface area contributed by atoms with Crippen molar-refractivity contribution in [3.05, 3.63) is 17.0 Å². The largest absolute Gasteiger partial charge is 0.326 e. The van der Waals surface area contributed by atoms with Gasteiger partial charge in [-0.3, -0.25) is 0 Å². The highest BCUT2D eigenvalue weighted by Crippen LogP contribution is 2.31. The molecule has 0 aromatic carbocycles. The molecule has 1 aromatic rings. The number of thioether (sulfide) groups is 1. The van der Waals surface area contributed by atoms with Crippen LogP contribution in [-0.4, -0.2) is 25.5 Å². The van der Waals surface area contributed by atoms with Crippen LogP contribution in [0.15, 0.2) is 16.3 Å². The van der Waals surface area contributed by atoms with Gasteiger partial charge in [-0.15, -0.1) is 11.3 Å². The quantitative estimate of drug-likeness (QED) is 0.842. The van der Waals surface area contributed by atoms with Crippen LogP contribution >= 0.6 is 23.1 Å². The third-order valence-corrected chi connectivity index (χ3v) is 7.66. The van der Waals surface area contributed by atoms with Crippen LogP contribution in [0.3, 0.4) is 0 Å². The first kappa shape index (κ1) is 15.3. The SMILES string of the molecule is CCSC1CCCC1NS(=O)(=O)c1ccc(CN)s1. The van der Waals surface area contributed by atoms with Gasteiger partial charge in [0.1, 0.15) is 4.21 Å². The Balaban J connectivity index is 2.08. The Morgan fingerprint density at radius 1 is 1.47 bits per heavy atom. The molecular formula is C12H20N2O2S3. The lowest BCUT2D eigenvalue weighted by molar-refractivity contribution is 0.557. The van der Waals surface area contributed by atoms with E-state index >= 15 is 0 Å². The molecule has 0 aliphatic heterocycles. The zero-order chi connectivity index (χ0) is 13.9. The van der Waals surface area contributed by atoms with Gasteiger partial charge in [-0.1, -0.05) is 13.3 Å². The van der Waals surface area contributed by atoms with Crippen molar-refractivity contribution in [1.29, 1.82) is 0 Å². The van der Waals surface area contributed by atoms with Crippen molar-refractivity contribution in [2.24, 2.45) is 5.73 Å². The van der Waals surface area contributed by atoms with E-state index in [-0.39, 0.29) is 6.04 Å². The van der Waals surface area contributed by atoms with Gasteiger partial charge in [0.15, 0.2) is 0 Å². The Morgan fingerprint density at radius 2 is 2.26 bits per heavy atom. The molecule has 108 valence electrons. The second-order valence-corrected chi connectivity index (χ2v) is 9.20. The zero-order valence-corrected chi connectivity index (χ0v) is 13.4. The molecule has 2 rings (SSSR count). The molecule has 0 bridgehead atoms. The van der Waals surface area contributed by atoms with Crippen molar-refractivity contribution in [2.75, 3.05) is 5.75 Å². The van der Waals surface area contributed by atoms with Gasteiger partial charge in [0.2, 0.25) is 10.0 Å². The first-order valence-electron chi connectivity index (χ1n) is 6.49. The summed E-state index contributed by atoms with van der Waals surface area (Å²) in [5.41, 5.74) is 5.52. The lowest BCUT2D eigenvalue weighted by Gasteiger charge is -2.19. The van der Waals surface area contributed by atoms with Gasteiger partial charge >= 0.3 is 0 Å². The molecule has 1 fully saturated rings. The normalized spacial score (nSPS) is 23.9. The van der Waals surface area contributed by atoms with Crippen LogP contribution in [0.25, 0.3) is 0 Å². The minimum Gasteiger partial charge on any atom is -0.326 e. The average molecular weight is 321 g/mol. The number of sulfonamides is 1. The maximum absolute atomic E-state index is 12.3. The van der Waals surface area contributed by atoms with Crippen LogP contribution in [-0.2, 0) is 16.6 Å². The van der Waals surface area contributed by atoms with Crippen molar-refractivity contribution in [3.8, 4) is 0 Å². The molecule has 1 saturated carbocycles. The van der Waals surface area contributed by atoms with E-state index in [9.17, 15) is 8.42 Å². The number of nitrogens with two attached hydrogens (primary N) is 1. The molecular weight excluding hydrogens is 300 g/mol. The van der Waals surface area contributed by atoms with Crippen molar-refractivity contribution < 1.29 is 8.42 Å². The van der Waals surface area contributed by atoms with Crippen molar-refractivity contribution >= 4 is 33.1 Å². The molecule has 2 atom stereocenters. The van der Waals surface area contributed by atoms with Gasteiger partial charge in [-0.05, 0) is 30.7 Å². The Bertz CT molecular complexity index is 513. The highest BCUT2D eigenvalue weighted by Gasteiger charge is 2.31. The predicted octanol–water partition coefficient (Wildman–Crippen LogP) is 2.16. The van der Waals surface area contributed by atoms with E-state index in [0.29, 0.717) is 16.0 Å². The van der Waals surface area contributed by atoms with Crippen LogP contribution in [0.1, 0.15) is 31.1 Å². The summed E-state index contributed by atoms with van der Waals surface area (Å²) in [5.74, 6) is 1.03. The van der Waals surface area contributed by atoms with E-state index < -0.39 is 10.0 Å². The van der Waals surface area contributed by atoms with Gasteiger partial charge < -0.3 is 5.73 Å². The minimum atomic E-state index is -3.38. The second kappa shape index (κ2) is 6.58. The summed E-state index contributed by atoms with van der Waals surface area (Å²) in [6.45, 7) is 2.50. The fourth-order valence-corrected chi connectivity index (χ4v) is 6.19. The summed E-state index contributed by atoms with van der Waals surface area (Å²) in [7, 11) is -3.38. The average Bonchev–Trinajstić information content (AvgIpc) is 2.99. The first-order valence-corrected chi connectivity index (χ1v) is 9.84. The van der Waals surface area contributed by atoms with Crippen LogP contribution in [0.5, 0.6) is 0 Å². The number of rotatable bonds is 6. The topological polar surface area (TPSA) is 72.2 Å². The van der Waals surface area contributed by atoms with Crippen LogP contribution < -0.4 is 10.5 Å². The van der Waals surface area contributed by atoms with Gasteiger partial charge in [-0.2, -0.15) is 11.8 Å². The van der Waals surface area contributed by atoms with Crippen molar-refractivity contribution in [1.82, 2.24) is 4.72 Å². The molecule has 1 heterocycles. The van der Waals surface area contributed by atoms with Gasteiger partial charge in [-0.25, -0.2) is 13.1 Å². The fourth-order valence-electron chi connectivity index (χ4n) is 2.34. The maximum Gasteiger partial charge on any atom is 0.250 e. The molecule has 1 aliphatic rings. The molecule has 0 radical (unpaired) electrons. The Kier molecular flexibility index (Phi) is 5.30. The van der Waals surface area contributed by atoms with Crippen LogP contribution in [0, 0.1) is 0 Å². The summed E-state index contributed by atoms with van der Waals surface area (Å²) >= 11 is 3.10. The number of hydrogen-bond acceptors (Lipinski definition) is 5.